The number of carbonyl (C=O) groups excluding carboxylic acids is 2. The molecule has 17 heavy (non-hydrogen) atoms. The summed E-state index contributed by atoms with van der Waals surface area (Å²) in [6.45, 7) is 4.40. The van der Waals surface area contributed by atoms with Gasteiger partial charge in [0.1, 0.15) is 13.1 Å². The molecule has 0 spiro atoms. The van der Waals surface area contributed by atoms with E-state index >= 15 is 0 Å². The van der Waals surface area contributed by atoms with E-state index in [4.69, 9.17) is 5.11 Å². The predicted molar refractivity (Wildman–Crippen MR) is 60.3 cm³/mol. The van der Waals surface area contributed by atoms with Gasteiger partial charge in [-0.25, -0.2) is 0 Å². The van der Waals surface area contributed by atoms with Crippen LogP contribution in [0.25, 0.3) is 0 Å². The van der Waals surface area contributed by atoms with Crippen molar-refractivity contribution >= 4 is 17.8 Å². The van der Waals surface area contributed by atoms with Gasteiger partial charge in [0.15, 0.2) is 0 Å². The second-order valence-corrected chi connectivity index (χ2v) is 4.37. The Morgan fingerprint density at radius 3 is 2.12 bits per heavy atom. The molecule has 6 heteroatoms. The Morgan fingerprint density at radius 2 is 1.76 bits per heavy atom. The number of carboxylic acid groups (broad SMARTS) is 1. The van der Waals surface area contributed by atoms with Crippen LogP contribution in [0.3, 0.4) is 0 Å². The third-order valence-corrected chi connectivity index (χ3v) is 2.62. The Hall–Kier alpha value is -1.59. The van der Waals surface area contributed by atoms with Crippen molar-refractivity contribution in [3.63, 3.8) is 0 Å². The minimum atomic E-state index is -1.16. The fraction of sp³-hybridized carbons (Fsp3) is 0.727. The van der Waals surface area contributed by atoms with Crippen LogP contribution in [0.1, 0.15) is 27.2 Å². The Labute approximate surface area is 101 Å². The number of amides is 1. The number of carboxylic acids is 1. The lowest BCUT2D eigenvalue weighted by atomic mass is 9.88. The number of aliphatic carboxylic acids is 1. The van der Waals surface area contributed by atoms with E-state index in [0.717, 1.165) is 4.90 Å². The average molecular weight is 245 g/mol. The number of ether oxygens (including phenoxy) is 1. The number of esters is 1. The van der Waals surface area contributed by atoms with Crippen molar-refractivity contribution in [3.05, 3.63) is 0 Å². The minimum Gasteiger partial charge on any atom is -0.480 e. The molecule has 6 nitrogen and oxygen atoms in total. The maximum atomic E-state index is 12.0. The van der Waals surface area contributed by atoms with Crippen molar-refractivity contribution in [3.8, 4) is 0 Å². The third kappa shape index (κ3) is 4.84. The summed E-state index contributed by atoms with van der Waals surface area (Å²) < 4.78 is 4.43. The van der Waals surface area contributed by atoms with E-state index < -0.39 is 23.9 Å². The molecule has 0 aromatic heterocycles. The average Bonchev–Trinajstić information content (AvgIpc) is 2.26. The van der Waals surface area contributed by atoms with Crippen LogP contribution < -0.4 is 0 Å². The highest BCUT2D eigenvalue weighted by Crippen LogP contribution is 2.22. The van der Waals surface area contributed by atoms with Crippen molar-refractivity contribution in [1.82, 2.24) is 4.90 Å². The standard InChI is InChI=1S/C11H19NO5/c1-5-11(2,3)10(16)12(6-8(13)14)7-9(15)17-4/h5-7H2,1-4H3,(H,13,14). The van der Waals surface area contributed by atoms with Crippen molar-refractivity contribution in [2.75, 3.05) is 20.2 Å². The lowest BCUT2D eigenvalue weighted by Gasteiger charge is -2.29. The van der Waals surface area contributed by atoms with E-state index in [0.29, 0.717) is 6.42 Å². The van der Waals surface area contributed by atoms with Gasteiger partial charge >= 0.3 is 11.9 Å². The van der Waals surface area contributed by atoms with Crippen LogP contribution >= 0.6 is 0 Å². The van der Waals surface area contributed by atoms with E-state index in [9.17, 15) is 14.4 Å². The van der Waals surface area contributed by atoms with E-state index in [1.807, 2.05) is 6.92 Å². The topological polar surface area (TPSA) is 83.9 Å². The van der Waals surface area contributed by atoms with Gasteiger partial charge in [-0.1, -0.05) is 20.8 Å². The summed E-state index contributed by atoms with van der Waals surface area (Å²) in [5.41, 5.74) is -0.691. The molecule has 0 aliphatic rings. The lowest BCUT2D eigenvalue weighted by molar-refractivity contribution is -0.154. The van der Waals surface area contributed by atoms with Gasteiger partial charge in [0, 0.05) is 5.41 Å². The van der Waals surface area contributed by atoms with Gasteiger partial charge < -0.3 is 14.7 Å². The number of nitrogens with zero attached hydrogens (tertiary/aromatic N) is 1. The SMILES string of the molecule is CCC(C)(C)C(=O)N(CC(=O)O)CC(=O)OC. The molecule has 0 rings (SSSR count). The fourth-order valence-corrected chi connectivity index (χ4v) is 1.16. The molecular formula is C11H19NO5. The first kappa shape index (κ1) is 15.4. The van der Waals surface area contributed by atoms with Gasteiger partial charge in [0.05, 0.1) is 7.11 Å². The van der Waals surface area contributed by atoms with Crippen LogP contribution in [0.2, 0.25) is 0 Å². The number of methoxy groups -OCH3 is 1. The second-order valence-electron chi connectivity index (χ2n) is 4.37. The molecule has 0 saturated heterocycles. The smallest absolute Gasteiger partial charge is 0.325 e. The molecule has 0 aliphatic carbocycles. The molecule has 0 radical (unpaired) electrons. The summed E-state index contributed by atoms with van der Waals surface area (Å²) >= 11 is 0. The van der Waals surface area contributed by atoms with Crippen molar-refractivity contribution in [2.45, 2.75) is 27.2 Å². The molecule has 0 bridgehead atoms. The fourth-order valence-electron chi connectivity index (χ4n) is 1.16. The Balaban J connectivity index is 4.85. The maximum Gasteiger partial charge on any atom is 0.325 e. The first-order chi connectivity index (χ1) is 7.74. The Bertz CT molecular complexity index is 311. The molecule has 0 aromatic carbocycles. The van der Waals surface area contributed by atoms with Gasteiger partial charge in [-0.3, -0.25) is 14.4 Å². The molecule has 0 heterocycles. The minimum absolute atomic E-state index is 0.342. The van der Waals surface area contributed by atoms with Crippen LogP contribution in [-0.4, -0.2) is 48.1 Å². The first-order valence-corrected chi connectivity index (χ1v) is 5.32. The van der Waals surface area contributed by atoms with Crippen LogP contribution in [0, 0.1) is 5.41 Å². The first-order valence-electron chi connectivity index (χ1n) is 5.32. The molecular weight excluding hydrogens is 226 g/mol. The summed E-state index contributed by atoms with van der Waals surface area (Å²) in [6.07, 6.45) is 0.559. The Morgan fingerprint density at radius 1 is 1.24 bits per heavy atom. The molecule has 0 unspecified atom stereocenters. The van der Waals surface area contributed by atoms with Gasteiger partial charge in [-0.05, 0) is 6.42 Å². The number of rotatable bonds is 6. The molecule has 0 aliphatic heterocycles. The van der Waals surface area contributed by atoms with E-state index in [2.05, 4.69) is 4.74 Å². The van der Waals surface area contributed by atoms with Crippen LogP contribution in [0.15, 0.2) is 0 Å². The van der Waals surface area contributed by atoms with Crippen molar-refractivity contribution in [1.29, 1.82) is 0 Å². The monoisotopic (exact) mass is 245 g/mol. The summed E-state index contributed by atoms with van der Waals surface area (Å²) in [6, 6.07) is 0. The molecule has 0 fully saturated rings. The van der Waals surface area contributed by atoms with E-state index in [1.54, 1.807) is 13.8 Å². The highest BCUT2D eigenvalue weighted by Gasteiger charge is 2.32. The number of hydrogen-bond donors (Lipinski definition) is 1. The van der Waals surface area contributed by atoms with Crippen molar-refractivity contribution < 1.29 is 24.2 Å². The zero-order chi connectivity index (χ0) is 13.6. The maximum absolute atomic E-state index is 12.0. The largest absolute Gasteiger partial charge is 0.480 e. The van der Waals surface area contributed by atoms with Crippen LogP contribution in [0.5, 0.6) is 0 Å². The molecule has 1 N–H and O–H groups in total. The van der Waals surface area contributed by atoms with Gasteiger partial charge in [0.2, 0.25) is 5.91 Å². The lowest BCUT2D eigenvalue weighted by Crippen LogP contribution is -2.46. The summed E-state index contributed by atoms with van der Waals surface area (Å²) in [7, 11) is 1.19. The highest BCUT2D eigenvalue weighted by atomic mass is 16.5. The molecule has 1 amide bonds. The Kier molecular flexibility index (Phi) is 5.64. The molecule has 98 valence electrons. The van der Waals surface area contributed by atoms with Crippen LogP contribution in [0.4, 0.5) is 0 Å². The van der Waals surface area contributed by atoms with E-state index in [1.165, 1.54) is 7.11 Å². The molecule has 0 atom stereocenters. The quantitative estimate of drug-likeness (QED) is 0.689. The summed E-state index contributed by atoms with van der Waals surface area (Å²) in [5, 5.41) is 8.71. The second kappa shape index (κ2) is 6.22. The number of carbonyl (C=O) groups is 3. The summed E-state index contributed by atoms with van der Waals surface area (Å²) in [5.74, 6) is -2.16. The van der Waals surface area contributed by atoms with Crippen LogP contribution in [-0.2, 0) is 19.1 Å². The predicted octanol–water partition coefficient (Wildman–Crippen LogP) is 0.509. The molecule has 0 saturated carbocycles. The number of hydrogen-bond acceptors (Lipinski definition) is 4. The zero-order valence-electron chi connectivity index (χ0n) is 10.6. The molecule has 0 aromatic rings. The summed E-state index contributed by atoms with van der Waals surface area (Å²) in [4.78, 5) is 34.8. The highest BCUT2D eigenvalue weighted by molar-refractivity contribution is 5.88. The van der Waals surface area contributed by atoms with Gasteiger partial charge in [-0.15, -0.1) is 0 Å². The van der Waals surface area contributed by atoms with Crippen molar-refractivity contribution in [2.24, 2.45) is 5.41 Å². The third-order valence-electron chi connectivity index (χ3n) is 2.62. The normalized spacial score (nSPS) is 10.8. The van der Waals surface area contributed by atoms with Gasteiger partial charge in [0.25, 0.3) is 0 Å². The van der Waals surface area contributed by atoms with Gasteiger partial charge in [-0.2, -0.15) is 0 Å². The zero-order valence-corrected chi connectivity index (χ0v) is 10.6. The van der Waals surface area contributed by atoms with E-state index in [-0.39, 0.29) is 12.5 Å².